The maximum absolute atomic E-state index is 10.9. The minimum absolute atomic E-state index is 0. The fourth-order valence-corrected chi connectivity index (χ4v) is 1.14. The second-order valence-electron chi connectivity index (χ2n) is 3.58. The van der Waals surface area contributed by atoms with Gasteiger partial charge in [0.15, 0.2) is 0 Å². The van der Waals surface area contributed by atoms with Gasteiger partial charge in [-0.05, 0) is 25.3 Å². The fraction of sp³-hybridized carbons (Fsp3) is 0.667. The summed E-state index contributed by atoms with van der Waals surface area (Å²) in [7, 11) is 0. The third-order valence-electron chi connectivity index (χ3n) is 2.05. The van der Waals surface area contributed by atoms with Crippen LogP contribution in [0.25, 0.3) is 0 Å². The van der Waals surface area contributed by atoms with Gasteiger partial charge in [0.1, 0.15) is 0 Å². The van der Waals surface area contributed by atoms with Gasteiger partial charge < -0.3 is 14.6 Å². The molecule has 0 aromatic carbocycles. The molecule has 0 N–H and O–H groups in total. The van der Waals surface area contributed by atoms with Crippen LogP contribution in [-0.4, -0.2) is 11.9 Å². The van der Waals surface area contributed by atoms with Gasteiger partial charge in [-0.25, -0.2) is 0 Å². The monoisotopic (exact) mass is 250 g/mol. The van der Waals surface area contributed by atoms with Crippen molar-refractivity contribution in [2.24, 2.45) is 0 Å². The van der Waals surface area contributed by atoms with Gasteiger partial charge in [0.25, 0.3) is 0 Å². The van der Waals surface area contributed by atoms with E-state index in [9.17, 15) is 14.7 Å². The van der Waals surface area contributed by atoms with E-state index in [1.807, 2.05) is 0 Å². The molecule has 0 atom stereocenters. The zero-order valence-corrected chi connectivity index (χ0v) is 12.7. The van der Waals surface area contributed by atoms with Crippen LogP contribution in [0.3, 0.4) is 0 Å². The molecule has 0 unspecified atom stereocenters. The van der Waals surface area contributed by atoms with Crippen molar-refractivity contribution in [2.45, 2.75) is 51.9 Å². The number of carbonyl (C=O) groups excluding carboxylic acids is 2. The van der Waals surface area contributed by atoms with Crippen LogP contribution in [-0.2, 0) is 14.3 Å². The molecule has 0 aromatic rings. The minimum atomic E-state index is -1.24. The van der Waals surface area contributed by atoms with Crippen molar-refractivity contribution in [3.8, 4) is 0 Å². The van der Waals surface area contributed by atoms with Crippen LogP contribution >= 0.6 is 0 Å². The summed E-state index contributed by atoms with van der Waals surface area (Å²) in [5.41, 5.74) is 0. The van der Waals surface area contributed by atoms with Gasteiger partial charge in [-0.3, -0.25) is 4.79 Å². The van der Waals surface area contributed by atoms with E-state index in [1.54, 1.807) is 6.08 Å². The summed E-state index contributed by atoms with van der Waals surface area (Å²) in [4.78, 5) is 21.0. The van der Waals surface area contributed by atoms with Crippen LogP contribution < -0.4 is 34.7 Å². The van der Waals surface area contributed by atoms with Gasteiger partial charge in [-0.2, -0.15) is 0 Å². The summed E-state index contributed by atoms with van der Waals surface area (Å²) in [6.45, 7) is 2.15. The molecule has 0 heterocycles. The third kappa shape index (κ3) is 15.7. The van der Waals surface area contributed by atoms with E-state index < -0.39 is 11.9 Å². The van der Waals surface area contributed by atoms with E-state index in [2.05, 4.69) is 11.7 Å². The Labute approximate surface area is 125 Å². The van der Waals surface area contributed by atoms with Crippen molar-refractivity contribution < 1.29 is 49.0 Å². The maximum Gasteiger partial charge on any atom is 1.00 e. The van der Waals surface area contributed by atoms with Crippen molar-refractivity contribution in [3.63, 3.8) is 0 Å². The molecule has 0 saturated carbocycles. The Balaban J connectivity index is 0. The van der Waals surface area contributed by atoms with Gasteiger partial charge in [0.05, 0.1) is 12.7 Å². The molecule has 92 valence electrons. The fourth-order valence-electron chi connectivity index (χ4n) is 1.14. The molecule has 0 fully saturated rings. The molecule has 0 aliphatic rings. The molecule has 0 aliphatic heterocycles. The van der Waals surface area contributed by atoms with E-state index in [0.29, 0.717) is 0 Å². The van der Waals surface area contributed by atoms with Crippen molar-refractivity contribution in [3.05, 3.63) is 12.3 Å². The summed E-state index contributed by atoms with van der Waals surface area (Å²) < 4.78 is 4.69. The summed E-state index contributed by atoms with van der Waals surface area (Å²) in [6.07, 6.45) is 8.26. The molecule has 0 bridgehead atoms. The van der Waals surface area contributed by atoms with Crippen LogP contribution in [0.1, 0.15) is 51.9 Å². The second-order valence-corrected chi connectivity index (χ2v) is 3.58. The number of carboxylic acid groups (broad SMARTS) is 1. The van der Waals surface area contributed by atoms with E-state index in [4.69, 9.17) is 0 Å². The number of rotatable bonds is 9. The molecule has 0 rings (SSSR count). The predicted octanol–water partition coefficient (Wildman–Crippen LogP) is -1.45. The first-order valence-corrected chi connectivity index (χ1v) is 5.71. The first-order chi connectivity index (χ1) is 7.66. The number of ether oxygens (including phenoxy) is 1. The van der Waals surface area contributed by atoms with E-state index >= 15 is 0 Å². The molecule has 0 aliphatic carbocycles. The number of aliphatic carboxylic acids is 1. The zero-order chi connectivity index (χ0) is 12.2. The van der Waals surface area contributed by atoms with Crippen LogP contribution in [0, 0.1) is 0 Å². The third-order valence-corrected chi connectivity index (χ3v) is 2.05. The molecule has 0 amide bonds. The first kappa shape index (κ1) is 19.0. The molecule has 0 spiro atoms. The number of carbonyl (C=O) groups is 2. The Morgan fingerprint density at radius 3 is 2.47 bits per heavy atom. The first-order valence-electron chi connectivity index (χ1n) is 5.71. The second kappa shape index (κ2) is 13.7. The van der Waals surface area contributed by atoms with Crippen molar-refractivity contribution >= 4 is 11.9 Å². The van der Waals surface area contributed by atoms with Gasteiger partial charge in [-0.15, -0.1) is 0 Å². The number of allylic oxidation sites excluding steroid dienone is 1. The van der Waals surface area contributed by atoms with Crippen molar-refractivity contribution in [1.29, 1.82) is 0 Å². The molecule has 0 radical (unpaired) electrons. The Morgan fingerprint density at radius 2 is 1.88 bits per heavy atom. The molecule has 5 heteroatoms. The van der Waals surface area contributed by atoms with E-state index in [1.165, 1.54) is 25.5 Å². The van der Waals surface area contributed by atoms with Gasteiger partial charge >= 0.3 is 35.5 Å². The SMILES string of the molecule is CCCCCCC=COC(=O)CCC(=O)[O-].[Na+]. The standard InChI is InChI=1S/C12H20O4.Na/c1-2-3-4-5-6-7-10-16-12(15)9-8-11(13)14;/h7,10H,2-6,8-9H2,1H3,(H,13,14);/q;+1/p-1. The predicted molar refractivity (Wildman–Crippen MR) is 58.2 cm³/mol. The summed E-state index contributed by atoms with van der Waals surface area (Å²) in [6, 6.07) is 0. The Morgan fingerprint density at radius 1 is 1.18 bits per heavy atom. The number of unbranched alkanes of at least 4 members (excludes halogenated alkanes) is 4. The Hall–Kier alpha value is -0.320. The molecule has 4 nitrogen and oxygen atoms in total. The smallest absolute Gasteiger partial charge is 0.550 e. The number of hydrogen-bond donors (Lipinski definition) is 0. The van der Waals surface area contributed by atoms with E-state index in [0.717, 1.165) is 12.8 Å². The van der Waals surface area contributed by atoms with Crippen LogP contribution in [0.15, 0.2) is 12.3 Å². The van der Waals surface area contributed by atoms with Crippen LogP contribution in [0.5, 0.6) is 0 Å². The van der Waals surface area contributed by atoms with Crippen molar-refractivity contribution in [2.75, 3.05) is 0 Å². The van der Waals surface area contributed by atoms with Crippen molar-refractivity contribution in [1.82, 2.24) is 0 Å². The average Bonchev–Trinajstić information content (AvgIpc) is 2.25. The van der Waals surface area contributed by atoms with Gasteiger partial charge in [0, 0.05) is 5.97 Å². The zero-order valence-electron chi connectivity index (χ0n) is 10.7. The molecule has 17 heavy (non-hydrogen) atoms. The normalized spacial score (nSPS) is 9.94. The Kier molecular flexibility index (Phi) is 15.4. The number of hydrogen-bond acceptors (Lipinski definition) is 4. The van der Waals surface area contributed by atoms with E-state index in [-0.39, 0.29) is 42.4 Å². The number of carboxylic acids is 1. The van der Waals surface area contributed by atoms with Crippen LogP contribution in [0.4, 0.5) is 0 Å². The molecular formula is C12H19NaO4. The number of esters is 1. The molecular weight excluding hydrogens is 231 g/mol. The maximum atomic E-state index is 10.9. The summed E-state index contributed by atoms with van der Waals surface area (Å²) >= 11 is 0. The largest absolute Gasteiger partial charge is 1.00 e. The summed E-state index contributed by atoms with van der Waals surface area (Å²) in [5, 5.41) is 10.0. The van der Waals surface area contributed by atoms with Gasteiger partial charge in [0.2, 0.25) is 0 Å². The van der Waals surface area contributed by atoms with Crippen LogP contribution in [0.2, 0.25) is 0 Å². The molecule has 0 saturated heterocycles. The average molecular weight is 250 g/mol. The summed E-state index contributed by atoms with van der Waals surface area (Å²) in [5.74, 6) is -1.77. The topological polar surface area (TPSA) is 66.4 Å². The quantitative estimate of drug-likeness (QED) is 0.217. The Bertz CT molecular complexity index is 239. The minimum Gasteiger partial charge on any atom is -0.550 e. The molecule has 0 aromatic heterocycles. The van der Waals surface area contributed by atoms with Gasteiger partial charge in [-0.1, -0.05) is 26.2 Å².